The van der Waals surface area contributed by atoms with Gasteiger partial charge in [-0.25, -0.2) is 0 Å². The minimum atomic E-state index is -0.661. The van der Waals surface area contributed by atoms with E-state index in [1.54, 1.807) is 43.6 Å². The van der Waals surface area contributed by atoms with Gasteiger partial charge in [-0.3, -0.25) is 19.9 Å². The number of carbonyl (C=O) groups is 1. The van der Waals surface area contributed by atoms with Gasteiger partial charge in [0.25, 0.3) is 5.69 Å². The molecule has 0 saturated heterocycles. The Bertz CT molecular complexity index is 740. The molecule has 3 rings (SSSR count). The molecule has 1 aliphatic carbocycles. The summed E-state index contributed by atoms with van der Waals surface area (Å²) >= 11 is 0. The highest BCUT2D eigenvalue weighted by atomic mass is 16.6. The topological polar surface area (TPSA) is 85.1 Å². The maximum atomic E-state index is 12.7. The first-order valence-corrected chi connectivity index (χ1v) is 7.01. The van der Waals surface area contributed by atoms with Crippen molar-refractivity contribution in [2.45, 2.75) is 18.3 Å². The number of hydrogen-bond donors (Lipinski definition) is 1. The molecule has 1 aromatic carbocycles. The standard InChI is InChI=1S/C16H15N3O3/c1-17-12-6-5-11(10-14(12)19(21)22)16(7-8-16)15(20)13-4-2-3-9-18-13/h2-6,9-10,17H,7-8H2,1H3. The van der Waals surface area contributed by atoms with Crippen molar-refractivity contribution in [1.82, 2.24) is 4.98 Å². The molecule has 0 atom stereocenters. The van der Waals surface area contributed by atoms with Gasteiger partial charge in [0.1, 0.15) is 11.4 Å². The van der Waals surface area contributed by atoms with E-state index in [1.807, 2.05) is 0 Å². The van der Waals surface area contributed by atoms with Crippen LogP contribution >= 0.6 is 0 Å². The molecule has 0 radical (unpaired) electrons. The Morgan fingerprint density at radius 1 is 1.32 bits per heavy atom. The summed E-state index contributed by atoms with van der Waals surface area (Å²) in [7, 11) is 1.63. The normalized spacial score (nSPS) is 15.1. The van der Waals surface area contributed by atoms with Gasteiger partial charge in [0.05, 0.1) is 10.3 Å². The zero-order valence-electron chi connectivity index (χ0n) is 12.1. The lowest BCUT2D eigenvalue weighted by Crippen LogP contribution is -2.21. The van der Waals surface area contributed by atoms with E-state index < -0.39 is 10.3 Å². The van der Waals surface area contributed by atoms with Crippen LogP contribution in [-0.2, 0) is 5.41 Å². The number of benzene rings is 1. The van der Waals surface area contributed by atoms with E-state index in [1.165, 1.54) is 6.07 Å². The van der Waals surface area contributed by atoms with Gasteiger partial charge in [0, 0.05) is 19.3 Å². The van der Waals surface area contributed by atoms with Crippen LogP contribution < -0.4 is 5.32 Å². The number of carbonyl (C=O) groups excluding carboxylic acids is 1. The van der Waals surface area contributed by atoms with Crippen LogP contribution in [-0.4, -0.2) is 22.7 Å². The van der Waals surface area contributed by atoms with Crippen LogP contribution in [0.3, 0.4) is 0 Å². The molecule has 6 nitrogen and oxygen atoms in total. The molecule has 0 aliphatic heterocycles. The number of aromatic nitrogens is 1. The second-order valence-corrected chi connectivity index (χ2v) is 5.37. The van der Waals surface area contributed by atoms with Gasteiger partial charge in [0.2, 0.25) is 0 Å². The number of nitrogens with zero attached hydrogens (tertiary/aromatic N) is 2. The third kappa shape index (κ3) is 2.22. The molecule has 0 unspecified atom stereocenters. The van der Waals surface area contributed by atoms with Crippen LogP contribution in [0.2, 0.25) is 0 Å². The number of pyridine rings is 1. The van der Waals surface area contributed by atoms with Gasteiger partial charge in [0.15, 0.2) is 5.78 Å². The van der Waals surface area contributed by atoms with Gasteiger partial charge in [-0.2, -0.15) is 0 Å². The first kappa shape index (κ1) is 14.2. The SMILES string of the molecule is CNc1ccc(C2(C(=O)c3ccccn3)CC2)cc1[N+](=O)[O-]. The second-order valence-electron chi connectivity index (χ2n) is 5.37. The molecular formula is C16H15N3O3. The summed E-state index contributed by atoms with van der Waals surface area (Å²) in [5, 5.41) is 14.0. The molecule has 1 fully saturated rings. The number of hydrogen-bond acceptors (Lipinski definition) is 5. The Kier molecular flexibility index (Phi) is 3.36. The van der Waals surface area contributed by atoms with Gasteiger partial charge in [-0.05, 0) is 36.6 Å². The maximum Gasteiger partial charge on any atom is 0.292 e. The van der Waals surface area contributed by atoms with Crippen molar-refractivity contribution < 1.29 is 9.72 Å². The molecular weight excluding hydrogens is 282 g/mol. The van der Waals surface area contributed by atoms with Crippen LogP contribution in [0.25, 0.3) is 0 Å². The Hall–Kier alpha value is -2.76. The fraction of sp³-hybridized carbons (Fsp3) is 0.250. The fourth-order valence-corrected chi connectivity index (χ4v) is 2.71. The Morgan fingerprint density at radius 2 is 2.09 bits per heavy atom. The van der Waals surface area contributed by atoms with Crippen LogP contribution in [0.15, 0.2) is 42.6 Å². The summed E-state index contributed by atoms with van der Waals surface area (Å²) in [6.07, 6.45) is 2.97. The second kappa shape index (κ2) is 5.22. The van der Waals surface area contributed by atoms with Crippen LogP contribution in [0.1, 0.15) is 28.9 Å². The van der Waals surface area contributed by atoms with Crippen molar-refractivity contribution in [2.75, 3.05) is 12.4 Å². The maximum absolute atomic E-state index is 12.7. The average molecular weight is 297 g/mol. The minimum Gasteiger partial charge on any atom is -0.383 e. The third-order valence-electron chi connectivity index (χ3n) is 4.10. The van der Waals surface area contributed by atoms with Crippen LogP contribution in [0.4, 0.5) is 11.4 Å². The van der Waals surface area contributed by atoms with E-state index in [4.69, 9.17) is 0 Å². The largest absolute Gasteiger partial charge is 0.383 e. The third-order valence-corrected chi connectivity index (χ3v) is 4.10. The molecule has 1 saturated carbocycles. The van der Waals surface area contributed by atoms with E-state index in [9.17, 15) is 14.9 Å². The fourth-order valence-electron chi connectivity index (χ4n) is 2.71. The first-order valence-electron chi connectivity index (χ1n) is 7.01. The molecule has 1 N–H and O–H groups in total. The molecule has 2 aromatic rings. The summed E-state index contributed by atoms with van der Waals surface area (Å²) < 4.78 is 0. The zero-order valence-corrected chi connectivity index (χ0v) is 12.1. The van der Waals surface area contributed by atoms with Crippen LogP contribution in [0.5, 0.6) is 0 Å². The summed E-state index contributed by atoms with van der Waals surface area (Å²) in [6.45, 7) is 0. The van der Waals surface area contributed by atoms with Crippen molar-refractivity contribution in [3.63, 3.8) is 0 Å². The van der Waals surface area contributed by atoms with E-state index in [0.29, 0.717) is 29.8 Å². The summed E-state index contributed by atoms with van der Waals surface area (Å²) in [5.41, 5.74) is 0.856. The lowest BCUT2D eigenvalue weighted by Gasteiger charge is -2.15. The highest BCUT2D eigenvalue weighted by Gasteiger charge is 2.52. The predicted molar refractivity (Wildman–Crippen MR) is 82.1 cm³/mol. The minimum absolute atomic E-state index is 0.0138. The molecule has 22 heavy (non-hydrogen) atoms. The average Bonchev–Trinajstić information content (AvgIpc) is 3.36. The number of ketones is 1. The van der Waals surface area contributed by atoms with Crippen molar-refractivity contribution in [2.24, 2.45) is 0 Å². The quantitative estimate of drug-likeness (QED) is 0.521. The lowest BCUT2D eigenvalue weighted by atomic mass is 9.89. The first-order chi connectivity index (χ1) is 10.6. The summed E-state index contributed by atoms with van der Waals surface area (Å²) in [6, 6.07) is 10.1. The van der Waals surface area contributed by atoms with Crippen molar-refractivity contribution in [3.8, 4) is 0 Å². The van der Waals surface area contributed by atoms with Gasteiger partial charge < -0.3 is 5.32 Å². The van der Waals surface area contributed by atoms with Crippen molar-refractivity contribution >= 4 is 17.2 Å². The van der Waals surface area contributed by atoms with E-state index in [2.05, 4.69) is 10.3 Å². The molecule has 112 valence electrons. The number of nitro benzene ring substituents is 1. The Balaban J connectivity index is 2.02. The van der Waals surface area contributed by atoms with E-state index in [-0.39, 0.29) is 11.5 Å². The monoisotopic (exact) mass is 297 g/mol. The zero-order chi connectivity index (χ0) is 15.7. The number of Topliss-reactive ketones (excluding diaryl/α,β-unsaturated/α-hetero) is 1. The van der Waals surface area contributed by atoms with Gasteiger partial charge >= 0.3 is 0 Å². The molecule has 0 amide bonds. The predicted octanol–water partition coefficient (Wildman–Crippen LogP) is 2.95. The molecule has 6 heteroatoms. The summed E-state index contributed by atoms with van der Waals surface area (Å²) in [4.78, 5) is 27.6. The highest BCUT2D eigenvalue weighted by molar-refractivity contribution is 6.05. The molecule has 0 spiro atoms. The van der Waals surface area contributed by atoms with E-state index in [0.717, 1.165) is 0 Å². The van der Waals surface area contributed by atoms with Gasteiger partial charge in [-0.15, -0.1) is 0 Å². The summed E-state index contributed by atoms with van der Waals surface area (Å²) in [5.74, 6) is -0.0698. The molecule has 0 bridgehead atoms. The number of anilines is 1. The van der Waals surface area contributed by atoms with Gasteiger partial charge in [-0.1, -0.05) is 12.1 Å². The number of nitrogens with one attached hydrogen (secondary N) is 1. The Labute approximate surface area is 127 Å². The lowest BCUT2D eigenvalue weighted by molar-refractivity contribution is -0.384. The number of nitro groups is 1. The molecule has 1 aliphatic rings. The highest BCUT2D eigenvalue weighted by Crippen LogP contribution is 2.51. The molecule has 1 heterocycles. The van der Waals surface area contributed by atoms with Crippen molar-refractivity contribution in [1.29, 1.82) is 0 Å². The number of rotatable bonds is 5. The smallest absolute Gasteiger partial charge is 0.292 e. The molecule has 1 aromatic heterocycles. The van der Waals surface area contributed by atoms with Crippen LogP contribution in [0, 0.1) is 10.1 Å². The van der Waals surface area contributed by atoms with Crippen molar-refractivity contribution in [3.05, 3.63) is 64.0 Å². The Morgan fingerprint density at radius 3 is 2.64 bits per heavy atom. The van der Waals surface area contributed by atoms with E-state index >= 15 is 0 Å².